The minimum Gasteiger partial charge on any atom is -0.365 e. The van der Waals surface area contributed by atoms with Crippen LogP contribution in [0.5, 0.6) is 0 Å². The zero-order valence-electron chi connectivity index (χ0n) is 12.6. The molecule has 0 amide bonds. The molecule has 0 aliphatic carbocycles. The van der Waals surface area contributed by atoms with Gasteiger partial charge in [0.1, 0.15) is 5.82 Å². The van der Waals surface area contributed by atoms with E-state index in [0.717, 1.165) is 36.6 Å². The average molecular weight is 274 g/mol. The van der Waals surface area contributed by atoms with Crippen molar-refractivity contribution in [1.82, 2.24) is 19.7 Å². The van der Waals surface area contributed by atoms with Crippen LogP contribution < -0.4 is 10.6 Å². The van der Waals surface area contributed by atoms with E-state index in [1.165, 1.54) is 5.56 Å². The summed E-state index contributed by atoms with van der Waals surface area (Å²) in [6.45, 7) is 7.68. The zero-order chi connectivity index (χ0) is 14.5. The first-order chi connectivity index (χ1) is 9.63. The number of nitrogens with zero attached hydrogens (tertiary/aromatic N) is 4. The van der Waals surface area contributed by atoms with Crippen molar-refractivity contribution < 1.29 is 0 Å². The normalized spacial score (nSPS) is 10.6. The van der Waals surface area contributed by atoms with Crippen LogP contribution in [0.1, 0.15) is 30.7 Å². The molecule has 0 atom stereocenters. The van der Waals surface area contributed by atoms with Crippen LogP contribution in [0.4, 0.5) is 11.8 Å². The van der Waals surface area contributed by atoms with Gasteiger partial charge in [-0.2, -0.15) is 10.1 Å². The highest BCUT2D eigenvalue weighted by Gasteiger charge is 2.08. The predicted octanol–water partition coefficient (Wildman–Crippen LogP) is 2.12. The largest absolute Gasteiger partial charge is 0.365 e. The first kappa shape index (κ1) is 14.3. The lowest BCUT2D eigenvalue weighted by molar-refractivity contribution is 0.746. The summed E-state index contributed by atoms with van der Waals surface area (Å²) in [5.41, 5.74) is 3.37. The molecule has 0 saturated carbocycles. The van der Waals surface area contributed by atoms with Crippen molar-refractivity contribution in [3.63, 3.8) is 0 Å². The first-order valence-electron chi connectivity index (χ1n) is 6.96. The molecule has 0 unspecified atom stereocenters. The van der Waals surface area contributed by atoms with E-state index in [2.05, 4.69) is 32.6 Å². The molecular weight excluding hydrogens is 252 g/mol. The van der Waals surface area contributed by atoms with E-state index in [9.17, 15) is 0 Å². The highest BCUT2D eigenvalue weighted by Crippen LogP contribution is 2.15. The summed E-state index contributed by atoms with van der Waals surface area (Å²) in [5.74, 6) is 1.52. The van der Waals surface area contributed by atoms with Crippen LogP contribution in [0.25, 0.3) is 0 Å². The van der Waals surface area contributed by atoms with Crippen molar-refractivity contribution in [2.45, 2.75) is 33.7 Å². The molecule has 6 nitrogen and oxygen atoms in total. The maximum atomic E-state index is 4.48. The molecule has 6 heteroatoms. The Bertz CT molecular complexity index is 575. The number of aryl methyl sites for hydroxylation is 3. The number of hydrogen-bond donors (Lipinski definition) is 2. The zero-order valence-corrected chi connectivity index (χ0v) is 12.6. The van der Waals surface area contributed by atoms with Crippen molar-refractivity contribution >= 4 is 11.8 Å². The second-order valence-corrected chi connectivity index (χ2v) is 4.74. The summed E-state index contributed by atoms with van der Waals surface area (Å²) in [6.07, 6.45) is 4.81. The lowest BCUT2D eigenvalue weighted by Crippen LogP contribution is -2.08. The van der Waals surface area contributed by atoms with Crippen LogP contribution >= 0.6 is 0 Å². The molecule has 0 fully saturated rings. The van der Waals surface area contributed by atoms with Gasteiger partial charge in [0.25, 0.3) is 0 Å². The lowest BCUT2D eigenvalue weighted by Gasteiger charge is -2.10. The van der Waals surface area contributed by atoms with Crippen molar-refractivity contribution in [3.8, 4) is 0 Å². The molecule has 0 spiro atoms. The summed E-state index contributed by atoms with van der Waals surface area (Å²) >= 11 is 0. The topological polar surface area (TPSA) is 67.7 Å². The molecule has 0 radical (unpaired) electrons. The molecule has 2 aromatic rings. The van der Waals surface area contributed by atoms with Crippen molar-refractivity contribution in [2.24, 2.45) is 7.05 Å². The SMILES string of the molecule is CCNc1ncc(C)c(NCc2cn(C)nc2CC)n1. The summed E-state index contributed by atoms with van der Waals surface area (Å²) < 4.78 is 1.85. The minimum atomic E-state index is 0.655. The second-order valence-electron chi connectivity index (χ2n) is 4.74. The quantitative estimate of drug-likeness (QED) is 0.844. The van der Waals surface area contributed by atoms with Crippen LogP contribution in [-0.4, -0.2) is 26.3 Å². The van der Waals surface area contributed by atoms with E-state index in [4.69, 9.17) is 0 Å². The molecule has 2 rings (SSSR count). The Morgan fingerprint density at radius 2 is 2.05 bits per heavy atom. The Morgan fingerprint density at radius 1 is 1.25 bits per heavy atom. The van der Waals surface area contributed by atoms with Gasteiger partial charge in [0, 0.05) is 43.7 Å². The molecule has 0 aliphatic heterocycles. The third kappa shape index (κ3) is 3.26. The molecule has 0 bridgehead atoms. The number of rotatable bonds is 6. The highest BCUT2D eigenvalue weighted by molar-refractivity contribution is 5.46. The van der Waals surface area contributed by atoms with Crippen LogP contribution in [0.3, 0.4) is 0 Å². The Labute approximate surface area is 119 Å². The fourth-order valence-corrected chi connectivity index (χ4v) is 2.07. The smallest absolute Gasteiger partial charge is 0.224 e. The van der Waals surface area contributed by atoms with Gasteiger partial charge in [0.15, 0.2) is 0 Å². The van der Waals surface area contributed by atoms with Gasteiger partial charge in [-0.25, -0.2) is 4.98 Å². The van der Waals surface area contributed by atoms with E-state index in [1.807, 2.05) is 38.0 Å². The average Bonchev–Trinajstić information content (AvgIpc) is 2.80. The number of aromatic nitrogens is 4. The monoisotopic (exact) mass is 274 g/mol. The molecule has 2 aromatic heterocycles. The van der Waals surface area contributed by atoms with Crippen molar-refractivity contribution in [2.75, 3.05) is 17.2 Å². The van der Waals surface area contributed by atoms with E-state index in [-0.39, 0.29) is 0 Å². The number of nitrogens with one attached hydrogen (secondary N) is 2. The molecule has 0 saturated heterocycles. The summed E-state index contributed by atoms with van der Waals surface area (Å²) in [5, 5.41) is 10.9. The van der Waals surface area contributed by atoms with Gasteiger partial charge in [-0.15, -0.1) is 0 Å². The first-order valence-corrected chi connectivity index (χ1v) is 6.96. The Hall–Kier alpha value is -2.11. The second kappa shape index (κ2) is 6.36. The fraction of sp³-hybridized carbons (Fsp3) is 0.500. The van der Waals surface area contributed by atoms with Crippen molar-refractivity contribution in [3.05, 3.63) is 29.2 Å². The summed E-state index contributed by atoms with van der Waals surface area (Å²) in [7, 11) is 1.95. The minimum absolute atomic E-state index is 0.655. The maximum Gasteiger partial charge on any atom is 0.224 e. The Balaban J connectivity index is 2.11. The highest BCUT2D eigenvalue weighted by atomic mass is 15.3. The van der Waals surface area contributed by atoms with Gasteiger partial charge in [0.2, 0.25) is 5.95 Å². The van der Waals surface area contributed by atoms with E-state index >= 15 is 0 Å². The third-order valence-corrected chi connectivity index (χ3v) is 3.08. The van der Waals surface area contributed by atoms with Gasteiger partial charge in [-0.1, -0.05) is 6.92 Å². The Morgan fingerprint density at radius 3 is 2.75 bits per heavy atom. The van der Waals surface area contributed by atoms with Gasteiger partial charge in [-0.05, 0) is 20.3 Å². The lowest BCUT2D eigenvalue weighted by atomic mass is 10.2. The third-order valence-electron chi connectivity index (χ3n) is 3.08. The van der Waals surface area contributed by atoms with Gasteiger partial charge < -0.3 is 10.6 Å². The van der Waals surface area contributed by atoms with E-state index in [0.29, 0.717) is 5.95 Å². The summed E-state index contributed by atoms with van der Waals surface area (Å²) in [6, 6.07) is 0. The standard InChI is InChI=1S/C14H22N6/c1-5-12-11(9-20(4)19-12)8-16-13-10(3)7-17-14(18-13)15-6-2/h7,9H,5-6,8H2,1-4H3,(H2,15,16,17,18). The number of anilines is 2. The van der Waals surface area contributed by atoms with Crippen LogP contribution in [0, 0.1) is 6.92 Å². The van der Waals surface area contributed by atoms with Crippen LogP contribution in [0.2, 0.25) is 0 Å². The molecule has 20 heavy (non-hydrogen) atoms. The maximum absolute atomic E-state index is 4.48. The summed E-state index contributed by atoms with van der Waals surface area (Å²) in [4.78, 5) is 8.72. The number of hydrogen-bond acceptors (Lipinski definition) is 5. The van der Waals surface area contributed by atoms with Crippen LogP contribution in [-0.2, 0) is 20.0 Å². The van der Waals surface area contributed by atoms with E-state index in [1.54, 1.807) is 0 Å². The van der Waals surface area contributed by atoms with Gasteiger partial charge in [0.05, 0.1) is 5.69 Å². The van der Waals surface area contributed by atoms with E-state index < -0.39 is 0 Å². The molecule has 108 valence electrons. The fourth-order valence-electron chi connectivity index (χ4n) is 2.07. The molecule has 0 aliphatic rings. The van der Waals surface area contributed by atoms with Gasteiger partial charge in [-0.3, -0.25) is 4.68 Å². The predicted molar refractivity (Wildman–Crippen MR) is 80.8 cm³/mol. The molecule has 2 N–H and O–H groups in total. The van der Waals surface area contributed by atoms with Gasteiger partial charge >= 0.3 is 0 Å². The van der Waals surface area contributed by atoms with Crippen LogP contribution in [0.15, 0.2) is 12.4 Å². The Kier molecular flexibility index (Phi) is 4.55. The van der Waals surface area contributed by atoms with Crippen molar-refractivity contribution in [1.29, 1.82) is 0 Å². The molecule has 0 aromatic carbocycles. The molecular formula is C14H22N6. The molecule has 2 heterocycles.